The van der Waals surface area contributed by atoms with Gasteiger partial charge in [0.15, 0.2) is 8.32 Å². The summed E-state index contributed by atoms with van der Waals surface area (Å²) in [5.74, 6) is 3.27. The molecule has 4 heteroatoms. The van der Waals surface area contributed by atoms with Gasteiger partial charge in [-0.1, -0.05) is 65.4 Å². The van der Waals surface area contributed by atoms with E-state index in [0.29, 0.717) is 0 Å². The first kappa shape index (κ1) is 21.9. The van der Waals surface area contributed by atoms with Crippen molar-refractivity contribution in [2.24, 2.45) is 10.8 Å². The van der Waals surface area contributed by atoms with Crippen LogP contribution in [-0.2, 0) is 4.43 Å². The monoisotopic (exact) mass is 392 g/mol. The third-order valence-corrected chi connectivity index (χ3v) is 12.5. The van der Waals surface area contributed by atoms with Crippen molar-refractivity contribution < 1.29 is 9.53 Å². The lowest BCUT2D eigenvalue weighted by Gasteiger charge is -2.50. The minimum Gasteiger partial charge on any atom is -0.413 e. The molecule has 2 aliphatic carbocycles. The van der Waals surface area contributed by atoms with E-state index in [4.69, 9.17) is 4.43 Å². The minimum atomic E-state index is -1.84. The molecule has 0 aromatic heterocycles. The maximum atomic E-state index is 11.2. The standard InChI is InChI=1S/C22H40O2Si2/c1-20(2,3)26(8,9)24-19-12-16-22(15-11-10-14-21(19,22)4)18(23)13-17-25(5,6)7/h11,15,18-19,23H,10,12,14,16H2,1-9H3/t18-,19+,21-,22-/m0/s1. The van der Waals surface area contributed by atoms with Crippen LogP contribution in [0.25, 0.3) is 0 Å². The molecule has 0 spiro atoms. The molecule has 148 valence electrons. The summed E-state index contributed by atoms with van der Waals surface area (Å²) in [5.41, 5.74) is 3.11. The van der Waals surface area contributed by atoms with Crippen LogP contribution in [0.1, 0.15) is 53.4 Å². The van der Waals surface area contributed by atoms with E-state index in [9.17, 15) is 5.11 Å². The van der Waals surface area contributed by atoms with Gasteiger partial charge in [-0.3, -0.25) is 0 Å². The average Bonchev–Trinajstić information content (AvgIpc) is 2.77. The Hall–Kier alpha value is -0.346. The molecular weight excluding hydrogens is 352 g/mol. The number of aliphatic hydroxyl groups excluding tert-OH is 1. The third-order valence-electron chi connectivity index (χ3n) is 7.15. The van der Waals surface area contributed by atoms with Crippen LogP contribution in [0.3, 0.4) is 0 Å². The zero-order valence-electron chi connectivity index (χ0n) is 18.5. The van der Waals surface area contributed by atoms with E-state index in [2.05, 4.69) is 84.0 Å². The van der Waals surface area contributed by atoms with E-state index in [1.54, 1.807) is 0 Å². The summed E-state index contributed by atoms with van der Waals surface area (Å²) in [7, 11) is -3.35. The van der Waals surface area contributed by atoms with Crippen molar-refractivity contribution in [3.05, 3.63) is 12.2 Å². The van der Waals surface area contributed by atoms with Crippen LogP contribution in [-0.4, -0.2) is 33.7 Å². The molecular formula is C22H40O2Si2. The van der Waals surface area contributed by atoms with Gasteiger partial charge in [0.25, 0.3) is 0 Å². The van der Waals surface area contributed by atoms with E-state index in [-0.39, 0.29) is 22.0 Å². The third kappa shape index (κ3) is 3.92. The second-order valence-electron chi connectivity index (χ2n) is 11.2. The van der Waals surface area contributed by atoms with Crippen molar-refractivity contribution in [1.29, 1.82) is 0 Å². The summed E-state index contributed by atoms with van der Waals surface area (Å²) < 4.78 is 6.91. The number of hydrogen-bond donors (Lipinski definition) is 1. The number of aliphatic hydroxyl groups is 1. The maximum absolute atomic E-state index is 11.2. The maximum Gasteiger partial charge on any atom is 0.192 e. The van der Waals surface area contributed by atoms with Crippen LogP contribution in [0, 0.1) is 22.3 Å². The Bertz CT molecular complexity index is 615. The molecule has 0 saturated heterocycles. The summed E-state index contributed by atoms with van der Waals surface area (Å²) in [6.07, 6.45) is 8.32. The molecule has 2 nitrogen and oxygen atoms in total. The van der Waals surface area contributed by atoms with Gasteiger partial charge in [-0.25, -0.2) is 0 Å². The SMILES string of the molecule is CC(C)(C)[Si](C)(C)O[C@@H]1CC[C@]2([C@@H](O)C#C[Si](C)(C)C)C=CCC[C@@]12C. The van der Waals surface area contributed by atoms with Gasteiger partial charge in [-0.2, -0.15) is 0 Å². The normalized spacial score (nSPS) is 33.4. The summed E-state index contributed by atoms with van der Waals surface area (Å²) in [4.78, 5) is 0. The number of rotatable bonds is 3. The van der Waals surface area contributed by atoms with Crippen LogP contribution in [0.15, 0.2) is 12.2 Å². The number of fused-ring (bicyclic) bond motifs is 1. The number of hydrogen-bond acceptors (Lipinski definition) is 2. The van der Waals surface area contributed by atoms with Crippen molar-refractivity contribution >= 4 is 16.4 Å². The topological polar surface area (TPSA) is 29.5 Å². The number of allylic oxidation sites excluding steroid dienone is 1. The molecule has 4 atom stereocenters. The lowest BCUT2D eigenvalue weighted by atomic mass is 9.58. The van der Waals surface area contributed by atoms with E-state index in [1.165, 1.54) is 0 Å². The Morgan fingerprint density at radius 3 is 2.31 bits per heavy atom. The first-order valence-electron chi connectivity index (χ1n) is 10.2. The second kappa shape index (κ2) is 6.92. The van der Waals surface area contributed by atoms with Crippen molar-refractivity contribution in [2.45, 2.75) is 103 Å². The van der Waals surface area contributed by atoms with Gasteiger partial charge in [0.05, 0.1) is 6.10 Å². The van der Waals surface area contributed by atoms with Gasteiger partial charge < -0.3 is 9.53 Å². The van der Waals surface area contributed by atoms with E-state index < -0.39 is 22.5 Å². The molecule has 2 aliphatic rings. The fourth-order valence-corrected chi connectivity index (χ4v) is 6.31. The lowest BCUT2D eigenvalue weighted by Crippen LogP contribution is -2.53. The fourth-order valence-electron chi connectivity index (χ4n) is 4.29. The van der Waals surface area contributed by atoms with Crippen LogP contribution in [0.4, 0.5) is 0 Å². The van der Waals surface area contributed by atoms with Crippen LogP contribution >= 0.6 is 0 Å². The van der Waals surface area contributed by atoms with Gasteiger partial charge in [-0.15, -0.1) is 5.54 Å². The van der Waals surface area contributed by atoms with Gasteiger partial charge >= 0.3 is 0 Å². The largest absolute Gasteiger partial charge is 0.413 e. The molecule has 0 radical (unpaired) electrons. The highest BCUT2D eigenvalue weighted by molar-refractivity contribution is 6.83. The van der Waals surface area contributed by atoms with E-state index in [1.807, 2.05) is 0 Å². The summed E-state index contributed by atoms with van der Waals surface area (Å²) >= 11 is 0. The molecule has 0 unspecified atom stereocenters. The fraction of sp³-hybridized carbons (Fsp3) is 0.818. The second-order valence-corrected chi connectivity index (χ2v) is 20.7. The van der Waals surface area contributed by atoms with Crippen molar-refractivity contribution in [3.63, 3.8) is 0 Å². The Labute approximate surface area is 163 Å². The quantitative estimate of drug-likeness (QED) is 0.376. The summed E-state index contributed by atoms with van der Waals surface area (Å²) in [5, 5.41) is 11.4. The highest BCUT2D eigenvalue weighted by Gasteiger charge is 2.61. The molecule has 0 bridgehead atoms. The predicted molar refractivity (Wildman–Crippen MR) is 117 cm³/mol. The Morgan fingerprint density at radius 1 is 1.15 bits per heavy atom. The molecule has 0 amide bonds. The smallest absolute Gasteiger partial charge is 0.192 e. The molecule has 0 aromatic rings. The average molecular weight is 393 g/mol. The zero-order valence-corrected chi connectivity index (χ0v) is 20.5. The Morgan fingerprint density at radius 2 is 1.77 bits per heavy atom. The van der Waals surface area contributed by atoms with E-state index in [0.717, 1.165) is 25.7 Å². The van der Waals surface area contributed by atoms with Crippen LogP contribution < -0.4 is 0 Å². The van der Waals surface area contributed by atoms with Gasteiger partial charge in [0, 0.05) is 10.8 Å². The molecule has 2 rings (SSSR count). The molecule has 0 heterocycles. The van der Waals surface area contributed by atoms with Crippen molar-refractivity contribution in [1.82, 2.24) is 0 Å². The molecule has 26 heavy (non-hydrogen) atoms. The summed E-state index contributed by atoms with van der Waals surface area (Å²) in [6.45, 7) is 20.7. The lowest BCUT2D eigenvalue weighted by molar-refractivity contribution is -0.0420. The first-order valence-corrected chi connectivity index (χ1v) is 16.6. The van der Waals surface area contributed by atoms with Crippen LogP contribution in [0.5, 0.6) is 0 Å². The minimum absolute atomic E-state index is 0.0369. The van der Waals surface area contributed by atoms with Gasteiger partial charge in [0.2, 0.25) is 0 Å². The highest BCUT2D eigenvalue weighted by atomic mass is 28.4. The molecule has 1 N–H and O–H groups in total. The molecule has 1 saturated carbocycles. The Kier molecular flexibility index (Phi) is 5.84. The van der Waals surface area contributed by atoms with Crippen molar-refractivity contribution in [3.8, 4) is 11.5 Å². The summed E-state index contributed by atoms with van der Waals surface area (Å²) in [6, 6.07) is 0. The van der Waals surface area contributed by atoms with Crippen LogP contribution in [0.2, 0.25) is 37.8 Å². The highest BCUT2D eigenvalue weighted by Crippen LogP contribution is 2.62. The molecule has 1 fully saturated rings. The van der Waals surface area contributed by atoms with Gasteiger partial charge in [-0.05, 0) is 43.8 Å². The molecule has 0 aliphatic heterocycles. The zero-order chi connectivity index (χ0) is 20.0. The predicted octanol–water partition coefficient (Wildman–Crippen LogP) is 5.76. The van der Waals surface area contributed by atoms with Gasteiger partial charge in [0.1, 0.15) is 14.2 Å². The van der Waals surface area contributed by atoms with E-state index >= 15 is 0 Å². The van der Waals surface area contributed by atoms with Crippen molar-refractivity contribution in [2.75, 3.05) is 0 Å². The Balaban J connectivity index is 2.37. The molecule has 0 aromatic carbocycles. The first-order chi connectivity index (χ1) is 11.6.